The maximum atomic E-state index is 10.5. The van der Waals surface area contributed by atoms with Crippen molar-refractivity contribution >= 4 is 11.9 Å². The van der Waals surface area contributed by atoms with Gasteiger partial charge in [-0.25, -0.2) is 9.18 Å². The maximum absolute atomic E-state index is 10.5. The molecule has 90 valence electrons. The van der Waals surface area contributed by atoms with Gasteiger partial charge in [-0.3, -0.25) is 9.69 Å². The third kappa shape index (κ3) is 15.5. The molecule has 0 aromatic rings. The molecule has 0 aliphatic carbocycles. The van der Waals surface area contributed by atoms with E-state index in [0.717, 1.165) is 6.54 Å². The number of aliphatic carboxylic acids is 2. The van der Waals surface area contributed by atoms with Crippen molar-refractivity contribution in [3.8, 4) is 0 Å². The lowest BCUT2D eigenvalue weighted by Gasteiger charge is -2.15. The van der Waals surface area contributed by atoms with Gasteiger partial charge in [0, 0.05) is 13.2 Å². The Labute approximate surface area is 87.5 Å². The van der Waals surface area contributed by atoms with Gasteiger partial charge < -0.3 is 15.9 Å². The van der Waals surface area contributed by atoms with Gasteiger partial charge in [-0.1, -0.05) is 6.92 Å². The average Bonchev–Trinajstić information content (AvgIpc) is 2.20. The highest BCUT2D eigenvalue weighted by Gasteiger charge is 2.01. The normalized spacial score (nSPS) is 9.33. The molecule has 0 aromatic carbocycles. The Kier molecular flexibility index (Phi) is 11.8. The molecule has 0 spiro atoms. The first-order valence-electron chi connectivity index (χ1n) is 4.39. The van der Waals surface area contributed by atoms with E-state index < -0.39 is 18.6 Å². The number of carboxylic acids is 2. The van der Waals surface area contributed by atoms with Gasteiger partial charge in [0.2, 0.25) is 0 Å². The number of nitrogens with zero attached hydrogens (tertiary/aromatic N) is 1. The van der Waals surface area contributed by atoms with E-state index >= 15 is 0 Å². The SMILES string of the molecule is CCN(CN)CCC(=O)O.O=C(O)CF. The molecule has 7 heteroatoms. The first kappa shape index (κ1) is 16.2. The quantitative estimate of drug-likeness (QED) is 0.537. The highest BCUT2D eigenvalue weighted by molar-refractivity contribution is 5.67. The van der Waals surface area contributed by atoms with Crippen molar-refractivity contribution in [2.45, 2.75) is 13.3 Å². The zero-order valence-corrected chi connectivity index (χ0v) is 8.65. The van der Waals surface area contributed by atoms with Crippen LogP contribution >= 0.6 is 0 Å². The maximum Gasteiger partial charge on any atom is 0.335 e. The summed E-state index contributed by atoms with van der Waals surface area (Å²) in [4.78, 5) is 20.9. The Hall–Kier alpha value is -1.21. The number of carbonyl (C=O) groups is 2. The van der Waals surface area contributed by atoms with Crippen molar-refractivity contribution in [2.24, 2.45) is 5.73 Å². The number of hydrogen-bond donors (Lipinski definition) is 3. The smallest absolute Gasteiger partial charge is 0.335 e. The molecule has 0 radical (unpaired) electrons. The fraction of sp³-hybridized carbons (Fsp3) is 0.750. The minimum absolute atomic E-state index is 0.172. The highest BCUT2D eigenvalue weighted by Crippen LogP contribution is 1.87. The number of nitrogens with two attached hydrogens (primary N) is 1. The molecule has 0 amide bonds. The van der Waals surface area contributed by atoms with Crippen LogP contribution in [0.2, 0.25) is 0 Å². The summed E-state index contributed by atoms with van der Waals surface area (Å²) in [6, 6.07) is 0. The molecule has 0 aliphatic rings. The molecule has 0 unspecified atom stereocenters. The van der Waals surface area contributed by atoms with Gasteiger partial charge in [-0.2, -0.15) is 0 Å². The molecule has 0 atom stereocenters. The van der Waals surface area contributed by atoms with Gasteiger partial charge >= 0.3 is 11.9 Å². The monoisotopic (exact) mass is 224 g/mol. The molecule has 0 bridgehead atoms. The second-order valence-corrected chi connectivity index (χ2v) is 2.56. The van der Waals surface area contributed by atoms with Crippen LogP contribution in [-0.2, 0) is 9.59 Å². The first-order chi connectivity index (χ1) is 6.97. The van der Waals surface area contributed by atoms with Crippen molar-refractivity contribution in [2.75, 3.05) is 26.4 Å². The summed E-state index contributed by atoms with van der Waals surface area (Å²) in [6.45, 7) is 2.46. The molecule has 15 heavy (non-hydrogen) atoms. The Morgan fingerprint density at radius 2 is 1.80 bits per heavy atom. The van der Waals surface area contributed by atoms with Crippen LogP contribution in [0.15, 0.2) is 0 Å². The van der Waals surface area contributed by atoms with E-state index in [2.05, 4.69) is 0 Å². The lowest BCUT2D eigenvalue weighted by atomic mass is 10.4. The Morgan fingerprint density at radius 3 is 2.00 bits per heavy atom. The third-order valence-corrected chi connectivity index (χ3v) is 1.46. The van der Waals surface area contributed by atoms with Gasteiger partial charge in [0.1, 0.15) is 0 Å². The molecule has 0 fully saturated rings. The number of rotatable bonds is 6. The van der Waals surface area contributed by atoms with Gasteiger partial charge in [0.05, 0.1) is 6.42 Å². The zero-order chi connectivity index (χ0) is 12.3. The Balaban J connectivity index is 0. The van der Waals surface area contributed by atoms with E-state index in [1.807, 2.05) is 11.8 Å². The number of carboxylic acid groups (broad SMARTS) is 2. The number of alkyl halides is 1. The second kappa shape index (κ2) is 10.9. The van der Waals surface area contributed by atoms with Crippen molar-refractivity contribution in [1.29, 1.82) is 0 Å². The number of halogens is 1. The molecular formula is C8H17FN2O4. The van der Waals surface area contributed by atoms with Crippen LogP contribution in [0.3, 0.4) is 0 Å². The van der Waals surface area contributed by atoms with Crippen LogP contribution < -0.4 is 5.73 Å². The van der Waals surface area contributed by atoms with E-state index in [0.29, 0.717) is 13.2 Å². The van der Waals surface area contributed by atoms with Crippen molar-refractivity contribution in [3.05, 3.63) is 0 Å². The van der Waals surface area contributed by atoms with Gasteiger partial charge in [-0.15, -0.1) is 0 Å². The fourth-order valence-electron chi connectivity index (χ4n) is 0.632. The molecule has 0 aliphatic heterocycles. The van der Waals surface area contributed by atoms with Crippen LogP contribution in [0.1, 0.15) is 13.3 Å². The summed E-state index contributed by atoms with van der Waals surface area (Å²) >= 11 is 0. The fourth-order valence-corrected chi connectivity index (χ4v) is 0.632. The average molecular weight is 224 g/mol. The zero-order valence-electron chi connectivity index (χ0n) is 8.65. The molecule has 0 heterocycles. The van der Waals surface area contributed by atoms with Crippen LogP contribution in [0.4, 0.5) is 4.39 Å². The summed E-state index contributed by atoms with van der Waals surface area (Å²) in [6.07, 6.45) is 0.172. The van der Waals surface area contributed by atoms with Gasteiger partial charge in [0.15, 0.2) is 6.67 Å². The Morgan fingerprint density at radius 1 is 1.33 bits per heavy atom. The molecule has 4 N–H and O–H groups in total. The summed E-state index contributed by atoms with van der Waals surface area (Å²) in [5.41, 5.74) is 5.30. The van der Waals surface area contributed by atoms with E-state index in [1.165, 1.54) is 0 Å². The molecule has 0 rings (SSSR count). The predicted molar refractivity (Wildman–Crippen MR) is 52.2 cm³/mol. The minimum Gasteiger partial charge on any atom is -0.481 e. The Bertz CT molecular complexity index is 185. The molecule has 0 saturated carbocycles. The predicted octanol–water partition coefficient (Wildman–Crippen LogP) is -0.260. The van der Waals surface area contributed by atoms with E-state index in [4.69, 9.17) is 20.7 Å². The number of hydrogen-bond acceptors (Lipinski definition) is 4. The first-order valence-corrected chi connectivity index (χ1v) is 4.39. The van der Waals surface area contributed by atoms with E-state index in [-0.39, 0.29) is 6.42 Å². The molecular weight excluding hydrogens is 207 g/mol. The van der Waals surface area contributed by atoms with Crippen LogP contribution in [0.25, 0.3) is 0 Å². The lowest BCUT2D eigenvalue weighted by Crippen LogP contribution is -2.31. The lowest BCUT2D eigenvalue weighted by molar-refractivity contribution is -0.138. The van der Waals surface area contributed by atoms with E-state index in [9.17, 15) is 9.18 Å². The summed E-state index contributed by atoms with van der Waals surface area (Å²) in [5.74, 6) is -2.18. The largest absolute Gasteiger partial charge is 0.481 e. The molecule has 0 aromatic heterocycles. The molecule has 6 nitrogen and oxygen atoms in total. The van der Waals surface area contributed by atoms with Crippen molar-refractivity contribution < 1.29 is 24.2 Å². The topological polar surface area (TPSA) is 104 Å². The summed E-state index contributed by atoms with van der Waals surface area (Å²) in [7, 11) is 0. The third-order valence-electron chi connectivity index (χ3n) is 1.46. The second-order valence-electron chi connectivity index (χ2n) is 2.56. The minimum atomic E-state index is -1.41. The summed E-state index contributed by atoms with van der Waals surface area (Å²) in [5, 5.41) is 15.6. The van der Waals surface area contributed by atoms with E-state index in [1.54, 1.807) is 0 Å². The van der Waals surface area contributed by atoms with Gasteiger partial charge in [0.25, 0.3) is 0 Å². The van der Waals surface area contributed by atoms with Crippen LogP contribution in [0, 0.1) is 0 Å². The van der Waals surface area contributed by atoms with Crippen molar-refractivity contribution in [1.82, 2.24) is 4.90 Å². The van der Waals surface area contributed by atoms with Crippen LogP contribution in [0.5, 0.6) is 0 Å². The van der Waals surface area contributed by atoms with Crippen LogP contribution in [-0.4, -0.2) is 53.5 Å². The van der Waals surface area contributed by atoms with Gasteiger partial charge in [-0.05, 0) is 6.54 Å². The molecule has 0 saturated heterocycles. The standard InChI is InChI=1S/C6H14N2O2.C2H3FO2/c1-2-8(5-7)4-3-6(9)10;3-1-2(4)5/h2-5,7H2,1H3,(H,9,10);1H2,(H,4,5). The van der Waals surface area contributed by atoms with Crippen molar-refractivity contribution in [3.63, 3.8) is 0 Å². The highest BCUT2D eigenvalue weighted by atomic mass is 19.1. The summed E-state index contributed by atoms with van der Waals surface area (Å²) < 4.78 is 10.5.